The lowest BCUT2D eigenvalue weighted by Crippen LogP contribution is -2.48. The third-order valence-electron chi connectivity index (χ3n) is 6.46. The van der Waals surface area contributed by atoms with Crippen molar-refractivity contribution in [2.75, 3.05) is 103 Å². The Labute approximate surface area is 264 Å². The van der Waals surface area contributed by atoms with Crippen LogP contribution in [-0.2, 0) is 43.3 Å². The van der Waals surface area contributed by atoms with E-state index in [4.69, 9.17) is 29.2 Å². The highest BCUT2D eigenvalue weighted by Gasteiger charge is 2.38. The number of aldehydes is 1. The van der Waals surface area contributed by atoms with E-state index in [9.17, 15) is 22.8 Å². The maximum absolute atomic E-state index is 13.1. The normalized spacial score (nSPS) is 14.8. The van der Waals surface area contributed by atoms with Crippen molar-refractivity contribution >= 4 is 40.1 Å². The zero-order chi connectivity index (χ0) is 32.5. The summed E-state index contributed by atoms with van der Waals surface area (Å²) < 4.78 is 54.6. The first-order valence-corrected chi connectivity index (χ1v) is 17.4. The lowest BCUT2D eigenvalue weighted by atomic mass is 9.83. The molecule has 1 rings (SSSR count). The molecule has 1 fully saturated rings. The van der Waals surface area contributed by atoms with E-state index in [2.05, 4.69) is 20.7 Å². The monoisotopic (exact) mass is 668 g/mol. The summed E-state index contributed by atoms with van der Waals surface area (Å²) in [5, 5.41) is 8.63. The highest BCUT2D eigenvalue weighted by molar-refractivity contribution is 7.99. The molecule has 0 aliphatic carbocycles. The highest BCUT2D eigenvalue weighted by Crippen LogP contribution is 2.30. The number of carbonyl (C=O) groups excluding carboxylic acids is 3. The zero-order valence-corrected chi connectivity index (χ0v) is 27.4. The van der Waals surface area contributed by atoms with Crippen LogP contribution >= 0.6 is 11.8 Å². The van der Waals surface area contributed by atoms with E-state index in [-0.39, 0.29) is 50.7 Å². The van der Waals surface area contributed by atoms with Crippen LogP contribution in [0.4, 0.5) is 4.79 Å². The second-order valence-electron chi connectivity index (χ2n) is 10.3. The Kier molecular flexibility index (Phi) is 21.8. The lowest BCUT2D eigenvalue weighted by molar-refractivity contribution is -0.122. The predicted molar refractivity (Wildman–Crippen MR) is 165 cm³/mol. The van der Waals surface area contributed by atoms with Crippen LogP contribution in [0.3, 0.4) is 0 Å². The van der Waals surface area contributed by atoms with E-state index in [0.717, 1.165) is 0 Å². The van der Waals surface area contributed by atoms with Gasteiger partial charge in [0.1, 0.15) is 18.1 Å². The summed E-state index contributed by atoms with van der Waals surface area (Å²) in [6.07, 6.45) is -0.494. The lowest BCUT2D eigenvalue weighted by Gasteiger charge is -2.35. The molecule has 0 aromatic carbocycles. The maximum Gasteiger partial charge on any atom is 0.407 e. The van der Waals surface area contributed by atoms with Crippen LogP contribution in [0.1, 0.15) is 33.1 Å². The molecule has 16 nitrogen and oxygen atoms in total. The molecule has 1 aliphatic heterocycles. The van der Waals surface area contributed by atoms with Crippen molar-refractivity contribution in [3.05, 3.63) is 10.4 Å². The molecular formula is C26H48N6O10S2. The molecule has 1 unspecified atom stereocenters. The number of carbonyl (C=O) groups is 3. The third-order valence-corrected chi connectivity index (χ3v) is 9.28. The molecule has 0 aromatic heterocycles. The topological polar surface area (TPSA) is 208 Å². The van der Waals surface area contributed by atoms with Gasteiger partial charge in [-0.3, -0.25) is 4.79 Å². The van der Waals surface area contributed by atoms with E-state index in [1.807, 2.05) is 0 Å². The second kappa shape index (κ2) is 24.1. The van der Waals surface area contributed by atoms with Gasteiger partial charge < -0.3 is 39.1 Å². The highest BCUT2D eigenvalue weighted by atomic mass is 32.2. The fraction of sp³-hybridized carbons (Fsp3) is 0.885. The van der Waals surface area contributed by atoms with Crippen LogP contribution in [0, 0.1) is 5.41 Å². The maximum atomic E-state index is 13.1. The molecule has 1 aliphatic rings. The summed E-state index contributed by atoms with van der Waals surface area (Å²) in [7, 11) is -3.69. The van der Waals surface area contributed by atoms with Crippen LogP contribution in [0.2, 0.25) is 0 Å². The van der Waals surface area contributed by atoms with Gasteiger partial charge in [-0.15, -0.1) is 0 Å². The van der Waals surface area contributed by atoms with Crippen molar-refractivity contribution in [3.8, 4) is 0 Å². The van der Waals surface area contributed by atoms with Gasteiger partial charge in [0.05, 0.1) is 52.9 Å². The minimum atomic E-state index is -3.69. The van der Waals surface area contributed by atoms with E-state index in [1.54, 1.807) is 25.6 Å². The number of alkyl carbamates (subject to hydrolysis) is 1. The van der Waals surface area contributed by atoms with Crippen molar-refractivity contribution in [1.82, 2.24) is 14.9 Å². The Morgan fingerprint density at radius 3 is 2.16 bits per heavy atom. The summed E-state index contributed by atoms with van der Waals surface area (Å²) in [6, 6.07) is 0. The molecule has 1 saturated heterocycles. The third kappa shape index (κ3) is 19.3. The Bertz CT molecular complexity index is 976. The number of nitrogens with zero attached hydrogens (tertiary/aromatic N) is 4. The van der Waals surface area contributed by atoms with Gasteiger partial charge in [-0.1, -0.05) is 19.0 Å². The average molecular weight is 669 g/mol. The second-order valence-corrected chi connectivity index (χ2v) is 13.5. The average Bonchev–Trinajstić information content (AvgIpc) is 2.99. The Morgan fingerprint density at radius 1 is 0.977 bits per heavy atom. The van der Waals surface area contributed by atoms with Crippen LogP contribution in [0.25, 0.3) is 10.4 Å². The molecular weight excluding hydrogens is 620 g/mol. The molecule has 1 atom stereocenters. The van der Waals surface area contributed by atoms with Gasteiger partial charge in [0.25, 0.3) is 0 Å². The molecule has 0 aromatic rings. The van der Waals surface area contributed by atoms with Crippen molar-refractivity contribution in [1.29, 1.82) is 0 Å². The first kappa shape index (κ1) is 39.8. The molecule has 2 amide bonds. The Balaban J connectivity index is 2.32. The number of ether oxygens (including phenoxy) is 5. The minimum absolute atomic E-state index is 0.0865. The summed E-state index contributed by atoms with van der Waals surface area (Å²) in [5.74, 6) is 0.811. The van der Waals surface area contributed by atoms with Crippen LogP contribution < -0.4 is 10.6 Å². The van der Waals surface area contributed by atoms with Gasteiger partial charge in [-0.25, -0.2) is 17.5 Å². The number of nitrogens with one attached hydrogen (secondary N) is 2. The molecule has 0 bridgehead atoms. The Morgan fingerprint density at radius 2 is 1.57 bits per heavy atom. The van der Waals surface area contributed by atoms with Crippen molar-refractivity contribution in [2.24, 2.45) is 10.5 Å². The minimum Gasteiger partial charge on any atom is -0.445 e. The molecule has 1 heterocycles. The van der Waals surface area contributed by atoms with Crippen molar-refractivity contribution in [3.63, 3.8) is 0 Å². The molecule has 254 valence electrons. The number of hydrogen-bond acceptors (Lipinski definition) is 12. The quantitative estimate of drug-likeness (QED) is 0.0442. The van der Waals surface area contributed by atoms with Crippen LogP contribution in [0.5, 0.6) is 0 Å². The number of thioether (sulfide) groups is 1. The van der Waals surface area contributed by atoms with Crippen molar-refractivity contribution < 1.29 is 46.5 Å². The zero-order valence-electron chi connectivity index (χ0n) is 25.8. The first-order chi connectivity index (χ1) is 21.1. The fourth-order valence-electron chi connectivity index (χ4n) is 3.79. The smallest absolute Gasteiger partial charge is 0.407 e. The Hall–Kier alpha value is -2.18. The van der Waals surface area contributed by atoms with Gasteiger partial charge >= 0.3 is 6.09 Å². The summed E-state index contributed by atoms with van der Waals surface area (Å²) in [6.45, 7) is 7.85. The number of amides is 2. The first-order valence-electron chi connectivity index (χ1n) is 14.6. The van der Waals surface area contributed by atoms with Gasteiger partial charge in [-0.05, 0) is 12.0 Å². The number of rotatable bonds is 26. The van der Waals surface area contributed by atoms with Gasteiger partial charge in [0.15, 0.2) is 0 Å². The fourth-order valence-corrected chi connectivity index (χ4v) is 6.78. The number of azide groups is 1. The van der Waals surface area contributed by atoms with Crippen LogP contribution in [0.15, 0.2) is 5.11 Å². The summed E-state index contributed by atoms with van der Waals surface area (Å²) in [4.78, 5) is 37.8. The number of hydrogen-bond donors (Lipinski definition) is 2. The van der Waals surface area contributed by atoms with Crippen molar-refractivity contribution in [2.45, 2.75) is 39.2 Å². The summed E-state index contributed by atoms with van der Waals surface area (Å²) >= 11 is 1.69. The van der Waals surface area contributed by atoms with E-state index in [1.165, 1.54) is 4.31 Å². The van der Waals surface area contributed by atoms with E-state index in [0.29, 0.717) is 83.6 Å². The SMILES string of the molecule is CC(C)(CCNC(=O)CCOCCOCCOCCOCCN=[N+]=[N-])C(CS(=O)(=O)N1CCSCC1)OC(=O)NCCC=O. The molecule has 0 radical (unpaired) electrons. The number of sulfonamides is 1. The molecule has 18 heteroatoms. The van der Waals surface area contributed by atoms with Crippen LogP contribution in [-0.4, -0.2) is 140 Å². The molecule has 44 heavy (non-hydrogen) atoms. The van der Waals surface area contributed by atoms with E-state index < -0.39 is 27.6 Å². The molecule has 0 spiro atoms. The standard InChI is InChI=1S/C26H48N6O10S2/c1-26(2,23(42-25(35)29-6-3-11-33)22-44(36,37)32-9-20-43-21-10-32)5-7-28-24(34)4-12-38-14-16-40-18-19-41-17-15-39-13-8-30-31-27/h11,23H,3-10,12-22H2,1-2H3,(H,28,34)(H,29,35). The van der Waals surface area contributed by atoms with E-state index >= 15 is 0 Å². The largest absolute Gasteiger partial charge is 0.445 e. The van der Waals surface area contributed by atoms with Gasteiger partial charge in [0, 0.05) is 67.4 Å². The molecule has 0 saturated carbocycles. The summed E-state index contributed by atoms with van der Waals surface area (Å²) in [5.41, 5.74) is 7.37. The van der Waals surface area contributed by atoms with Gasteiger partial charge in [0.2, 0.25) is 15.9 Å². The molecule has 2 N–H and O–H groups in total. The van der Waals surface area contributed by atoms with Gasteiger partial charge in [-0.2, -0.15) is 11.8 Å². The predicted octanol–water partition coefficient (Wildman–Crippen LogP) is 1.35.